The molecule has 4 heteroatoms. The van der Waals surface area contributed by atoms with Gasteiger partial charge in [-0.3, -0.25) is 4.79 Å². The van der Waals surface area contributed by atoms with Crippen molar-refractivity contribution in [3.05, 3.63) is 24.2 Å². The number of carbonyl (C=O) groups is 1. The standard InChI is InChI=1S/C12H20N2O2/c1-3-5-11(13)12(15)14-9(2)8-10-6-4-7-16-10/h4,6-7,9,11H,3,5,8,13H2,1-2H3,(H,14,15)/t9?,11-/m0/s1. The molecule has 0 radical (unpaired) electrons. The second-order valence-corrected chi connectivity index (χ2v) is 4.09. The van der Waals surface area contributed by atoms with E-state index in [2.05, 4.69) is 5.32 Å². The molecule has 16 heavy (non-hydrogen) atoms. The largest absolute Gasteiger partial charge is 0.469 e. The maximum absolute atomic E-state index is 11.6. The van der Waals surface area contributed by atoms with Crippen molar-refractivity contribution < 1.29 is 9.21 Å². The summed E-state index contributed by atoms with van der Waals surface area (Å²) in [6.07, 6.45) is 3.96. The van der Waals surface area contributed by atoms with Crippen LogP contribution in [0.1, 0.15) is 32.4 Å². The van der Waals surface area contributed by atoms with Crippen LogP contribution in [0.2, 0.25) is 0 Å². The van der Waals surface area contributed by atoms with Crippen molar-refractivity contribution in [1.82, 2.24) is 5.32 Å². The van der Waals surface area contributed by atoms with Gasteiger partial charge in [0.2, 0.25) is 5.91 Å². The van der Waals surface area contributed by atoms with Gasteiger partial charge in [-0.25, -0.2) is 0 Å². The fraction of sp³-hybridized carbons (Fsp3) is 0.583. The Bertz CT molecular complexity index is 309. The quantitative estimate of drug-likeness (QED) is 0.768. The molecule has 4 nitrogen and oxygen atoms in total. The number of hydrogen-bond donors (Lipinski definition) is 2. The zero-order valence-corrected chi connectivity index (χ0v) is 9.90. The molecule has 1 aromatic heterocycles. The molecule has 0 bridgehead atoms. The Hall–Kier alpha value is -1.29. The maximum Gasteiger partial charge on any atom is 0.237 e. The summed E-state index contributed by atoms with van der Waals surface area (Å²) >= 11 is 0. The summed E-state index contributed by atoms with van der Waals surface area (Å²) in [5.74, 6) is 0.790. The summed E-state index contributed by atoms with van der Waals surface area (Å²) in [7, 11) is 0. The predicted molar refractivity (Wildman–Crippen MR) is 62.9 cm³/mol. The average Bonchev–Trinajstić information content (AvgIpc) is 2.70. The molecular formula is C12H20N2O2. The van der Waals surface area contributed by atoms with Gasteiger partial charge in [-0.2, -0.15) is 0 Å². The van der Waals surface area contributed by atoms with E-state index in [1.54, 1.807) is 6.26 Å². The van der Waals surface area contributed by atoms with Crippen LogP contribution < -0.4 is 11.1 Å². The first-order valence-electron chi connectivity index (χ1n) is 5.71. The summed E-state index contributed by atoms with van der Waals surface area (Å²) in [4.78, 5) is 11.6. The van der Waals surface area contributed by atoms with Crippen LogP contribution in [0.4, 0.5) is 0 Å². The van der Waals surface area contributed by atoms with Gasteiger partial charge in [0, 0.05) is 12.5 Å². The highest BCUT2D eigenvalue weighted by Crippen LogP contribution is 2.04. The highest BCUT2D eigenvalue weighted by Gasteiger charge is 2.15. The molecule has 0 saturated heterocycles. The highest BCUT2D eigenvalue weighted by molar-refractivity contribution is 5.81. The third kappa shape index (κ3) is 4.06. The van der Waals surface area contributed by atoms with Crippen molar-refractivity contribution in [3.63, 3.8) is 0 Å². The lowest BCUT2D eigenvalue weighted by Gasteiger charge is -2.16. The molecule has 2 atom stereocenters. The topological polar surface area (TPSA) is 68.3 Å². The van der Waals surface area contributed by atoms with Crippen LogP contribution in [0.3, 0.4) is 0 Å². The number of furan rings is 1. The third-order valence-corrected chi connectivity index (χ3v) is 2.41. The summed E-state index contributed by atoms with van der Waals surface area (Å²) in [6, 6.07) is 3.38. The van der Waals surface area contributed by atoms with Gasteiger partial charge in [-0.15, -0.1) is 0 Å². The third-order valence-electron chi connectivity index (χ3n) is 2.41. The van der Waals surface area contributed by atoms with Crippen molar-refractivity contribution >= 4 is 5.91 Å². The fourth-order valence-corrected chi connectivity index (χ4v) is 1.57. The van der Waals surface area contributed by atoms with E-state index in [1.807, 2.05) is 26.0 Å². The molecule has 1 unspecified atom stereocenters. The second-order valence-electron chi connectivity index (χ2n) is 4.09. The van der Waals surface area contributed by atoms with Gasteiger partial charge in [0.1, 0.15) is 5.76 Å². The number of amides is 1. The number of hydrogen-bond acceptors (Lipinski definition) is 3. The molecule has 0 spiro atoms. The van der Waals surface area contributed by atoms with Crippen LogP contribution in [-0.4, -0.2) is 18.0 Å². The van der Waals surface area contributed by atoms with Gasteiger partial charge in [0.25, 0.3) is 0 Å². The summed E-state index contributed by atoms with van der Waals surface area (Å²) in [6.45, 7) is 3.96. The van der Waals surface area contributed by atoms with Crippen molar-refractivity contribution in [1.29, 1.82) is 0 Å². The molecule has 3 N–H and O–H groups in total. The van der Waals surface area contributed by atoms with Gasteiger partial charge < -0.3 is 15.5 Å². The lowest BCUT2D eigenvalue weighted by atomic mass is 10.1. The van der Waals surface area contributed by atoms with E-state index >= 15 is 0 Å². The molecule has 0 aromatic carbocycles. The van der Waals surface area contributed by atoms with E-state index in [0.29, 0.717) is 6.42 Å². The Balaban J connectivity index is 2.33. The molecule has 0 saturated carbocycles. The van der Waals surface area contributed by atoms with Gasteiger partial charge >= 0.3 is 0 Å². The lowest BCUT2D eigenvalue weighted by Crippen LogP contribution is -2.44. The predicted octanol–water partition coefficient (Wildman–Crippen LogP) is 1.45. The van der Waals surface area contributed by atoms with E-state index < -0.39 is 6.04 Å². The Morgan fingerprint density at radius 1 is 1.62 bits per heavy atom. The smallest absolute Gasteiger partial charge is 0.237 e. The van der Waals surface area contributed by atoms with Crippen molar-refractivity contribution in [2.75, 3.05) is 0 Å². The molecule has 1 rings (SSSR count). The lowest BCUT2D eigenvalue weighted by molar-refractivity contribution is -0.123. The Morgan fingerprint density at radius 2 is 2.38 bits per heavy atom. The fourth-order valence-electron chi connectivity index (χ4n) is 1.57. The number of nitrogens with one attached hydrogen (secondary N) is 1. The Labute approximate surface area is 96.2 Å². The van der Waals surface area contributed by atoms with E-state index in [4.69, 9.17) is 10.2 Å². The number of carbonyl (C=O) groups excluding carboxylic acids is 1. The minimum Gasteiger partial charge on any atom is -0.469 e. The zero-order chi connectivity index (χ0) is 12.0. The van der Waals surface area contributed by atoms with Crippen LogP contribution in [0, 0.1) is 0 Å². The van der Waals surface area contributed by atoms with E-state index in [-0.39, 0.29) is 11.9 Å². The molecule has 1 aromatic rings. The second kappa shape index (κ2) is 6.33. The minimum atomic E-state index is -0.399. The SMILES string of the molecule is CCC[C@H](N)C(=O)NC(C)Cc1ccco1. The molecule has 0 aliphatic heterocycles. The average molecular weight is 224 g/mol. The zero-order valence-electron chi connectivity index (χ0n) is 9.90. The van der Waals surface area contributed by atoms with Crippen molar-refractivity contribution in [2.24, 2.45) is 5.73 Å². The summed E-state index contributed by atoms with van der Waals surface area (Å²) in [5.41, 5.74) is 5.71. The van der Waals surface area contributed by atoms with Crippen molar-refractivity contribution in [2.45, 2.75) is 45.2 Å². The maximum atomic E-state index is 11.6. The van der Waals surface area contributed by atoms with E-state index in [1.165, 1.54) is 0 Å². The van der Waals surface area contributed by atoms with Gasteiger partial charge in [-0.05, 0) is 25.5 Å². The Kier molecular flexibility index (Phi) is 5.05. The monoisotopic (exact) mass is 224 g/mol. The summed E-state index contributed by atoms with van der Waals surface area (Å²) < 4.78 is 5.21. The van der Waals surface area contributed by atoms with Gasteiger partial charge in [0.15, 0.2) is 0 Å². The first kappa shape index (κ1) is 12.8. The first-order valence-corrected chi connectivity index (χ1v) is 5.71. The molecule has 0 aliphatic rings. The van der Waals surface area contributed by atoms with Crippen LogP contribution in [-0.2, 0) is 11.2 Å². The normalized spacial score (nSPS) is 14.4. The molecule has 1 amide bonds. The molecule has 0 fully saturated rings. The van der Waals surface area contributed by atoms with Crippen LogP contribution in [0.5, 0.6) is 0 Å². The minimum absolute atomic E-state index is 0.0431. The van der Waals surface area contributed by atoms with Gasteiger partial charge in [0.05, 0.1) is 12.3 Å². The number of rotatable bonds is 6. The highest BCUT2D eigenvalue weighted by atomic mass is 16.3. The molecule has 90 valence electrons. The van der Waals surface area contributed by atoms with Crippen LogP contribution in [0.25, 0.3) is 0 Å². The molecule has 0 aliphatic carbocycles. The molecule has 1 heterocycles. The summed E-state index contributed by atoms with van der Waals surface area (Å²) in [5, 5.41) is 2.88. The van der Waals surface area contributed by atoms with Crippen LogP contribution in [0.15, 0.2) is 22.8 Å². The van der Waals surface area contributed by atoms with Crippen molar-refractivity contribution in [3.8, 4) is 0 Å². The van der Waals surface area contributed by atoms with E-state index in [0.717, 1.165) is 18.6 Å². The number of nitrogens with two attached hydrogens (primary N) is 1. The van der Waals surface area contributed by atoms with E-state index in [9.17, 15) is 4.79 Å². The molecular weight excluding hydrogens is 204 g/mol. The van der Waals surface area contributed by atoms with Crippen LogP contribution >= 0.6 is 0 Å². The first-order chi connectivity index (χ1) is 7.63. The van der Waals surface area contributed by atoms with Gasteiger partial charge in [-0.1, -0.05) is 13.3 Å². The Morgan fingerprint density at radius 3 is 2.94 bits per heavy atom.